The van der Waals surface area contributed by atoms with E-state index in [9.17, 15) is 4.39 Å². The van der Waals surface area contributed by atoms with Crippen LogP contribution in [0.25, 0.3) is 0 Å². The van der Waals surface area contributed by atoms with Gasteiger partial charge in [-0.15, -0.1) is 12.4 Å². The van der Waals surface area contributed by atoms with Crippen LogP contribution in [0.5, 0.6) is 0 Å². The molecule has 0 unspecified atom stereocenters. The van der Waals surface area contributed by atoms with Gasteiger partial charge in [0.15, 0.2) is 0 Å². The molecule has 2 nitrogen and oxygen atoms in total. The summed E-state index contributed by atoms with van der Waals surface area (Å²) in [4.78, 5) is 0. The molecule has 0 aromatic heterocycles. The number of nitriles is 1. The van der Waals surface area contributed by atoms with Crippen LogP contribution in [0, 0.1) is 23.1 Å². The van der Waals surface area contributed by atoms with E-state index in [1.807, 2.05) is 12.1 Å². The van der Waals surface area contributed by atoms with Crippen molar-refractivity contribution in [2.75, 3.05) is 13.1 Å². The monoisotopic (exact) mass is 282 g/mol. The summed E-state index contributed by atoms with van der Waals surface area (Å²) in [5, 5.41) is 12.0. The second kappa shape index (κ2) is 8.14. The Balaban J connectivity index is 0.00000180. The highest BCUT2D eigenvalue weighted by Crippen LogP contribution is 2.19. The summed E-state index contributed by atoms with van der Waals surface area (Å²) in [5.74, 6) is 0.436. The Morgan fingerprint density at radius 2 is 2.05 bits per heavy atom. The Kier molecular flexibility index (Phi) is 6.83. The van der Waals surface area contributed by atoms with Crippen molar-refractivity contribution >= 4 is 12.4 Å². The zero-order valence-electron chi connectivity index (χ0n) is 11.0. The number of hydrogen-bond donors (Lipinski definition) is 1. The zero-order chi connectivity index (χ0) is 12.8. The van der Waals surface area contributed by atoms with Crippen molar-refractivity contribution in [2.24, 2.45) is 5.92 Å². The molecule has 0 amide bonds. The third-order valence-corrected chi connectivity index (χ3v) is 3.69. The van der Waals surface area contributed by atoms with Gasteiger partial charge in [0.2, 0.25) is 0 Å². The van der Waals surface area contributed by atoms with Crippen LogP contribution in [-0.2, 0) is 6.42 Å². The lowest BCUT2D eigenvalue weighted by Crippen LogP contribution is -2.27. The van der Waals surface area contributed by atoms with Crippen LogP contribution < -0.4 is 5.32 Å². The van der Waals surface area contributed by atoms with Gasteiger partial charge >= 0.3 is 0 Å². The van der Waals surface area contributed by atoms with Gasteiger partial charge in [0.25, 0.3) is 0 Å². The molecular formula is C15H20ClFN2. The molecule has 0 bridgehead atoms. The Labute approximate surface area is 120 Å². The van der Waals surface area contributed by atoms with Crippen molar-refractivity contribution in [3.63, 3.8) is 0 Å². The van der Waals surface area contributed by atoms with Crippen LogP contribution in [0.2, 0.25) is 0 Å². The molecule has 4 heteroatoms. The van der Waals surface area contributed by atoms with E-state index in [0.717, 1.165) is 37.4 Å². The van der Waals surface area contributed by atoms with Gasteiger partial charge in [-0.2, -0.15) is 5.26 Å². The molecule has 19 heavy (non-hydrogen) atoms. The molecule has 1 aromatic rings. The summed E-state index contributed by atoms with van der Waals surface area (Å²) in [6.45, 7) is 2.27. The van der Waals surface area contributed by atoms with E-state index in [-0.39, 0.29) is 18.0 Å². The van der Waals surface area contributed by atoms with Crippen LogP contribution in [0.3, 0.4) is 0 Å². The Morgan fingerprint density at radius 1 is 1.32 bits per heavy atom. The maximum atomic E-state index is 13.4. The van der Waals surface area contributed by atoms with Crippen molar-refractivity contribution in [3.05, 3.63) is 35.1 Å². The topological polar surface area (TPSA) is 35.8 Å². The first-order chi connectivity index (χ1) is 8.79. The predicted octanol–water partition coefficient (Wildman–Crippen LogP) is 3.44. The number of benzene rings is 1. The molecule has 1 aromatic carbocycles. The van der Waals surface area contributed by atoms with E-state index in [1.54, 1.807) is 6.07 Å². The first-order valence-corrected chi connectivity index (χ1v) is 6.69. The summed E-state index contributed by atoms with van der Waals surface area (Å²) in [6.07, 6.45) is 5.77. The van der Waals surface area contributed by atoms with Gasteiger partial charge in [0.1, 0.15) is 11.9 Å². The van der Waals surface area contributed by atoms with E-state index in [4.69, 9.17) is 5.26 Å². The number of rotatable bonds is 4. The number of halogens is 2. The fourth-order valence-electron chi connectivity index (χ4n) is 2.57. The van der Waals surface area contributed by atoms with Gasteiger partial charge in [-0.3, -0.25) is 0 Å². The third kappa shape index (κ3) is 4.81. The molecule has 0 atom stereocenters. The van der Waals surface area contributed by atoms with E-state index >= 15 is 0 Å². The number of hydrogen-bond acceptors (Lipinski definition) is 2. The van der Waals surface area contributed by atoms with Gasteiger partial charge in [0.05, 0.1) is 5.56 Å². The number of aryl methyl sites for hydroxylation is 1. The molecule has 2 rings (SSSR count). The third-order valence-electron chi connectivity index (χ3n) is 3.69. The van der Waals surface area contributed by atoms with Gasteiger partial charge in [-0.1, -0.05) is 12.5 Å². The lowest BCUT2D eigenvalue weighted by molar-refractivity contribution is 0.347. The zero-order valence-corrected chi connectivity index (χ0v) is 11.8. The number of piperidine rings is 1. The van der Waals surface area contributed by atoms with E-state index < -0.39 is 5.82 Å². The van der Waals surface area contributed by atoms with Crippen molar-refractivity contribution in [3.8, 4) is 6.07 Å². The average Bonchev–Trinajstić information content (AvgIpc) is 2.40. The van der Waals surface area contributed by atoms with E-state index in [0.29, 0.717) is 0 Å². The molecule has 1 heterocycles. The highest BCUT2D eigenvalue weighted by atomic mass is 35.5. The maximum absolute atomic E-state index is 13.4. The van der Waals surface area contributed by atoms with Crippen molar-refractivity contribution in [1.82, 2.24) is 5.32 Å². The van der Waals surface area contributed by atoms with E-state index in [1.165, 1.54) is 25.3 Å². The number of nitrogens with one attached hydrogen (secondary N) is 1. The SMILES string of the molecule is Cl.N#Cc1ccc(CCCC2CCNCC2)cc1F. The molecule has 0 saturated carbocycles. The van der Waals surface area contributed by atoms with E-state index in [2.05, 4.69) is 5.32 Å². The first kappa shape index (κ1) is 15.9. The molecule has 1 aliphatic heterocycles. The predicted molar refractivity (Wildman–Crippen MR) is 76.9 cm³/mol. The quantitative estimate of drug-likeness (QED) is 0.918. The smallest absolute Gasteiger partial charge is 0.141 e. The van der Waals surface area contributed by atoms with Crippen LogP contribution in [0.4, 0.5) is 4.39 Å². The van der Waals surface area contributed by atoms with Gasteiger partial charge in [0, 0.05) is 0 Å². The Morgan fingerprint density at radius 3 is 2.68 bits per heavy atom. The lowest BCUT2D eigenvalue weighted by Gasteiger charge is -2.22. The molecule has 0 aliphatic carbocycles. The molecule has 1 saturated heterocycles. The largest absolute Gasteiger partial charge is 0.317 e. The fraction of sp³-hybridized carbons (Fsp3) is 0.533. The maximum Gasteiger partial charge on any atom is 0.141 e. The highest BCUT2D eigenvalue weighted by molar-refractivity contribution is 5.85. The minimum atomic E-state index is -0.392. The average molecular weight is 283 g/mol. The standard InChI is InChI=1S/C15H19FN2.ClH/c16-15-10-13(4-5-14(15)11-17)3-1-2-12-6-8-18-9-7-12;/h4-5,10,12,18H,1-3,6-9H2;1H. The van der Waals surface area contributed by atoms with Crippen molar-refractivity contribution in [2.45, 2.75) is 32.1 Å². The minimum absolute atomic E-state index is 0. The summed E-state index contributed by atoms with van der Waals surface area (Å²) in [5.41, 5.74) is 1.14. The lowest BCUT2D eigenvalue weighted by atomic mass is 9.91. The van der Waals surface area contributed by atoms with Crippen LogP contribution in [0.15, 0.2) is 18.2 Å². The second-order valence-electron chi connectivity index (χ2n) is 5.01. The molecule has 104 valence electrons. The molecular weight excluding hydrogens is 263 g/mol. The van der Waals surface area contributed by atoms with Crippen molar-refractivity contribution in [1.29, 1.82) is 5.26 Å². The van der Waals surface area contributed by atoms with Gasteiger partial charge in [-0.25, -0.2) is 4.39 Å². The summed E-state index contributed by atoms with van der Waals surface area (Å²) >= 11 is 0. The van der Waals surface area contributed by atoms with Crippen LogP contribution in [-0.4, -0.2) is 13.1 Å². The molecule has 0 radical (unpaired) electrons. The molecule has 1 aliphatic rings. The number of nitrogens with zero attached hydrogens (tertiary/aromatic N) is 1. The van der Waals surface area contributed by atoms with Gasteiger partial charge in [-0.05, 0) is 62.4 Å². The highest BCUT2D eigenvalue weighted by Gasteiger charge is 2.12. The summed E-state index contributed by atoms with van der Waals surface area (Å²) in [6, 6.07) is 6.79. The molecule has 1 N–H and O–H groups in total. The Hall–Kier alpha value is -1.11. The summed E-state index contributed by atoms with van der Waals surface area (Å²) < 4.78 is 13.4. The fourth-order valence-corrected chi connectivity index (χ4v) is 2.57. The van der Waals surface area contributed by atoms with Crippen LogP contribution >= 0.6 is 12.4 Å². The normalized spacial score (nSPS) is 15.6. The minimum Gasteiger partial charge on any atom is -0.317 e. The van der Waals surface area contributed by atoms with Crippen LogP contribution in [0.1, 0.15) is 36.8 Å². The Bertz CT molecular complexity index is 436. The van der Waals surface area contributed by atoms with Crippen molar-refractivity contribution < 1.29 is 4.39 Å². The second-order valence-corrected chi connectivity index (χ2v) is 5.01. The molecule has 0 spiro atoms. The molecule has 1 fully saturated rings. The first-order valence-electron chi connectivity index (χ1n) is 6.69. The van der Waals surface area contributed by atoms with Gasteiger partial charge < -0.3 is 5.32 Å². The summed E-state index contributed by atoms with van der Waals surface area (Å²) in [7, 11) is 0.